The van der Waals surface area contributed by atoms with E-state index in [0.29, 0.717) is 35.4 Å². The molecule has 3 aromatic rings. The van der Waals surface area contributed by atoms with Gasteiger partial charge in [-0.05, 0) is 36.8 Å². The molecular formula is C19H18N4O4. The standard InChI is InChI=1S/C19H18N4O4/c1-2-8-20-19(24)21-14-5-3-4-12(9-14)17-22-18(27-23-17)13-6-7-15-16(10-13)26-11-25-15/h3-7,9-10H,2,8,11H2,1H3,(H2,20,21,24). The first kappa shape index (κ1) is 16.9. The number of nitrogens with zero attached hydrogens (tertiary/aromatic N) is 2. The van der Waals surface area contributed by atoms with Crippen LogP contribution in [0.15, 0.2) is 47.0 Å². The van der Waals surface area contributed by atoms with Crippen molar-refractivity contribution in [3.05, 3.63) is 42.5 Å². The highest BCUT2D eigenvalue weighted by Crippen LogP contribution is 2.35. The van der Waals surface area contributed by atoms with Crippen LogP contribution in [-0.2, 0) is 0 Å². The summed E-state index contributed by atoms with van der Waals surface area (Å²) in [5.41, 5.74) is 2.13. The molecule has 0 aliphatic carbocycles. The predicted molar refractivity (Wildman–Crippen MR) is 98.6 cm³/mol. The zero-order valence-corrected chi connectivity index (χ0v) is 14.7. The van der Waals surface area contributed by atoms with Gasteiger partial charge in [-0.3, -0.25) is 0 Å². The molecule has 4 rings (SSSR count). The molecule has 0 radical (unpaired) electrons. The summed E-state index contributed by atoms with van der Waals surface area (Å²) in [6.45, 7) is 2.82. The van der Waals surface area contributed by atoms with Crippen molar-refractivity contribution in [3.8, 4) is 34.3 Å². The third-order valence-corrected chi connectivity index (χ3v) is 3.96. The van der Waals surface area contributed by atoms with Crippen LogP contribution in [0.4, 0.5) is 10.5 Å². The molecule has 0 saturated heterocycles. The number of amides is 2. The first-order valence-electron chi connectivity index (χ1n) is 8.62. The molecule has 0 bridgehead atoms. The summed E-state index contributed by atoms with van der Waals surface area (Å²) in [5, 5.41) is 9.59. The quantitative estimate of drug-likeness (QED) is 0.715. The lowest BCUT2D eigenvalue weighted by Gasteiger charge is -2.07. The summed E-state index contributed by atoms with van der Waals surface area (Å²) in [6, 6.07) is 12.5. The number of benzene rings is 2. The van der Waals surface area contributed by atoms with Crippen molar-refractivity contribution in [1.82, 2.24) is 15.5 Å². The molecule has 27 heavy (non-hydrogen) atoms. The Bertz CT molecular complexity index is 970. The van der Waals surface area contributed by atoms with Gasteiger partial charge in [0.25, 0.3) is 5.89 Å². The number of hydrogen-bond donors (Lipinski definition) is 2. The highest BCUT2D eigenvalue weighted by atomic mass is 16.7. The average molecular weight is 366 g/mol. The van der Waals surface area contributed by atoms with E-state index in [0.717, 1.165) is 17.5 Å². The van der Waals surface area contributed by atoms with Gasteiger partial charge in [-0.25, -0.2) is 4.79 Å². The molecule has 8 heteroatoms. The zero-order chi connectivity index (χ0) is 18.6. The summed E-state index contributed by atoms with van der Waals surface area (Å²) in [5.74, 6) is 2.15. The Balaban J connectivity index is 1.53. The fourth-order valence-electron chi connectivity index (χ4n) is 2.64. The minimum Gasteiger partial charge on any atom is -0.454 e. The Labute approximate surface area is 155 Å². The number of carbonyl (C=O) groups excluding carboxylic acids is 1. The van der Waals surface area contributed by atoms with Gasteiger partial charge in [0.15, 0.2) is 11.5 Å². The van der Waals surface area contributed by atoms with Gasteiger partial charge in [0.1, 0.15) is 0 Å². The first-order chi connectivity index (χ1) is 13.2. The predicted octanol–water partition coefficient (Wildman–Crippen LogP) is 3.66. The number of ether oxygens (including phenoxy) is 2. The van der Waals surface area contributed by atoms with E-state index in [1.807, 2.05) is 25.1 Å². The van der Waals surface area contributed by atoms with E-state index in [1.165, 1.54) is 0 Å². The maximum absolute atomic E-state index is 11.8. The molecule has 1 aromatic heterocycles. The molecule has 2 N–H and O–H groups in total. The summed E-state index contributed by atoms with van der Waals surface area (Å²) in [4.78, 5) is 16.3. The van der Waals surface area contributed by atoms with Gasteiger partial charge in [0.05, 0.1) is 0 Å². The smallest absolute Gasteiger partial charge is 0.319 e. The lowest BCUT2D eigenvalue weighted by Crippen LogP contribution is -2.29. The molecule has 1 aliphatic heterocycles. The van der Waals surface area contributed by atoms with Gasteiger partial charge in [-0.1, -0.05) is 24.2 Å². The maximum Gasteiger partial charge on any atom is 0.319 e. The normalized spacial score (nSPS) is 12.0. The summed E-state index contributed by atoms with van der Waals surface area (Å²) >= 11 is 0. The van der Waals surface area contributed by atoms with Crippen molar-refractivity contribution in [2.24, 2.45) is 0 Å². The highest BCUT2D eigenvalue weighted by molar-refractivity contribution is 5.89. The molecule has 0 atom stereocenters. The van der Waals surface area contributed by atoms with Gasteiger partial charge in [-0.2, -0.15) is 4.98 Å². The van der Waals surface area contributed by atoms with Crippen molar-refractivity contribution < 1.29 is 18.8 Å². The first-order valence-corrected chi connectivity index (χ1v) is 8.62. The van der Waals surface area contributed by atoms with Crippen LogP contribution in [0.3, 0.4) is 0 Å². The molecule has 0 fully saturated rings. The Morgan fingerprint density at radius 1 is 1.11 bits per heavy atom. The number of anilines is 1. The van der Waals surface area contributed by atoms with Crippen LogP contribution >= 0.6 is 0 Å². The van der Waals surface area contributed by atoms with Crippen LogP contribution in [0.2, 0.25) is 0 Å². The van der Waals surface area contributed by atoms with Crippen LogP contribution in [0, 0.1) is 0 Å². The zero-order valence-electron chi connectivity index (χ0n) is 14.7. The fourth-order valence-corrected chi connectivity index (χ4v) is 2.64. The number of nitrogens with one attached hydrogen (secondary N) is 2. The van der Waals surface area contributed by atoms with Gasteiger partial charge in [-0.15, -0.1) is 0 Å². The van der Waals surface area contributed by atoms with Crippen molar-refractivity contribution in [1.29, 1.82) is 0 Å². The molecule has 1 aliphatic rings. The number of aromatic nitrogens is 2. The second kappa shape index (κ2) is 7.36. The number of fused-ring (bicyclic) bond motifs is 1. The minimum absolute atomic E-state index is 0.208. The molecule has 2 amide bonds. The molecule has 8 nitrogen and oxygen atoms in total. The number of rotatable bonds is 5. The monoisotopic (exact) mass is 366 g/mol. The molecule has 138 valence electrons. The summed E-state index contributed by atoms with van der Waals surface area (Å²) in [7, 11) is 0. The number of urea groups is 1. The third-order valence-electron chi connectivity index (χ3n) is 3.96. The summed E-state index contributed by atoms with van der Waals surface area (Å²) in [6.07, 6.45) is 0.874. The van der Waals surface area contributed by atoms with E-state index in [9.17, 15) is 4.79 Å². The van der Waals surface area contributed by atoms with Crippen LogP contribution in [0.5, 0.6) is 11.5 Å². The van der Waals surface area contributed by atoms with Gasteiger partial charge in [0, 0.05) is 23.4 Å². The average Bonchev–Trinajstić information content (AvgIpc) is 3.35. The van der Waals surface area contributed by atoms with E-state index in [2.05, 4.69) is 20.8 Å². The molecule has 0 spiro atoms. The van der Waals surface area contributed by atoms with Crippen LogP contribution in [0.25, 0.3) is 22.8 Å². The van der Waals surface area contributed by atoms with Crippen molar-refractivity contribution in [2.75, 3.05) is 18.7 Å². The van der Waals surface area contributed by atoms with Crippen LogP contribution < -0.4 is 20.1 Å². The van der Waals surface area contributed by atoms with Crippen molar-refractivity contribution in [2.45, 2.75) is 13.3 Å². The molecule has 2 aromatic carbocycles. The molecule has 2 heterocycles. The molecule has 0 unspecified atom stereocenters. The largest absolute Gasteiger partial charge is 0.454 e. The topological polar surface area (TPSA) is 98.5 Å². The second-order valence-electron chi connectivity index (χ2n) is 5.95. The lowest BCUT2D eigenvalue weighted by molar-refractivity contribution is 0.174. The van der Waals surface area contributed by atoms with Crippen LogP contribution in [-0.4, -0.2) is 29.5 Å². The van der Waals surface area contributed by atoms with Gasteiger partial charge in [0.2, 0.25) is 12.6 Å². The number of carbonyl (C=O) groups is 1. The maximum atomic E-state index is 11.8. The second-order valence-corrected chi connectivity index (χ2v) is 5.95. The molecular weight excluding hydrogens is 348 g/mol. The third kappa shape index (κ3) is 3.69. The van der Waals surface area contributed by atoms with Crippen molar-refractivity contribution >= 4 is 11.7 Å². The number of hydrogen-bond acceptors (Lipinski definition) is 6. The van der Waals surface area contributed by atoms with Gasteiger partial charge < -0.3 is 24.6 Å². The summed E-state index contributed by atoms with van der Waals surface area (Å²) < 4.78 is 16.1. The van der Waals surface area contributed by atoms with Crippen LogP contribution in [0.1, 0.15) is 13.3 Å². The lowest BCUT2D eigenvalue weighted by atomic mass is 10.2. The Kier molecular flexibility index (Phi) is 4.61. The minimum atomic E-state index is -0.247. The van der Waals surface area contributed by atoms with Gasteiger partial charge >= 0.3 is 6.03 Å². The van der Waals surface area contributed by atoms with E-state index < -0.39 is 0 Å². The van der Waals surface area contributed by atoms with E-state index in [-0.39, 0.29) is 12.8 Å². The SMILES string of the molecule is CCCNC(=O)Nc1cccc(-c2noc(-c3ccc4c(c3)OCO4)n2)c1. The highest BCUT2D eigenvalue weighted by Gasteiger charge is 2.17. The Hall–Kier alpha value is -3.55. The fraction of sp³-hybridized carbons (Fsp3) is 0.211. The van der Waals surface area contributed by atoms with E-state index in [1.54, 1.807) is 24.3 Å². The Morgan fingerprint density at radius 2 is 2.00 bits per heavy atom. The van der Waals surface area contributed by atoms with E-state index >= 15 is 0 Å². The Morgan fingerprint density at radius 3 is 2.89 bits per heavy atom. The van der Waals surface area contributed by atoms with E-state index in [4.69, 9.17) is 14.0 Å². The molecule has 0 saturated carbocycles. The van der Waals surface area contributed by atoms with Crippen molar-refractivity contribution in [3.63, 3.8) is 0 Å².